The second kappa shape index (κ2) is 11.0. The molecule has 4 rings (SSSR count). The average molecular weight is 501 g/mol. The molecule has 1 unspecified atom stereocenters. The minimum atomic E-state index is -0.794. The zero-order valence-corrected chi connectivity index (χ0v) is 22.3. The lowest BCUT2D eigenvalue weighted by Crippen LogP contribution is -2.51. The summed E-state index contributed by atoms with van der Waals surface area (Å²) in [5.41, 5.74) is 4.12. The lowest BCUT2D eigenvalue weighted by Gasteiger charge is -2.34. The number of fused-ring (bicyclic) bond motifs is 1. The highest BCUT2D eigenvalue weighted by molar-refractivity contribution is 5.89. The van der Waals surface area contributed by atoms with Crippen LogP contribution in [0.2, 0.25) is 0 Å². The van der Waals surface area contributed by atoms with Gasteiger partial charge in [0.1, 0.15) is 12.1 Å². The van der Waals surface area contributed by atoms with Crippen molar-refractivity contribution in [2.24, 2.45) is 7.05 Å². The van der Waals surface area contributed by atoms with Crippen LogP contribution in [0.15, 0.2) is 66.9 Å². The van der Waals surface area contributed by atoms with Crippen LogP contribution in [0.4, 0.5) is 0 Å². The van der Waals surface area contributed by atoms with Gasteiger partial charge in [0.05, 0.1) is 5.52 Å². The van der Waals surface area contributed by atoms with Crippen molar-refractivity contribution < 1.29 is 9.59 Å². The number of carbonyl (C=O) groups excluding carboxylic acids is 2. The summed E-state index contributed by atoms with van der Waals surface area (Å²) < 4.78 is 3.51. The highest BCUT2D eigenvalue weighted by Gasteiger charge is 2.35. The Morgan fingerprint density at radius 1 is 1.08 bits per heavy atom. The van der Waals surface area contributed by atoms with Gasteiger partial charge in [-0.1, -0.05) is 54.1 Å². The van der Waals surface area contributed by atoms with Gasteiger partial charge in [-0.05, 0) is 63.4 Å². The van der Waals surface area contributed by atoms with Gasteiger partial charge in [0.2, 0.25) is 11.8 Å². The Balaban J connectivity index is 1.71. The molecule has 2 heterocycles. The third-order valence-corrected chi connectivity index (χ3v) is 6.92. The van der Waals surface area contributed by atoms with Crippen molar-refractivity contribution in [2.45, 2.75) is 58.7 Å². The zero-order valence-electron chi connectivity index (χ0n) is 22.3. The molecular formula is C29H36N6O2. The molecule has 0 saturated carbocycles. The van der Waals surface area contributed by atoms with Gasteiger partial charge in [-0.15, -0.1) is 5.10 Å². The van der Waals surface area contributed by atoms with Crippen molar-refractivity contribution in [3.05, 3.63) is 83.7 Å². The van der Waals surface area contributed by atoms with E-state index in [0.717, 1.165) is 34.3 Å². The number of nitrogens with one attached hydrogen (secondary N) is 1. The van der Waals surface area contributed by atoms with E-state index < -0.39 is 11.6 Å². The number of rotatable bonds is 10. The lowest BCUT2D eigenvalue weighted by atomic mass is 10.00. The minimum absolute atomic E-state index is 0.0142. The summed E-state index contributed by atoms with van der Waals surface area (Å²) in [4.78, 5) is 29.5. The Kier molecular flexibility index (Phi) is 7.76. The number of hydrogen-bond donors (Lipinski definition) is 1. The number of nitrogens with zero attached hydrogens (tertiary/aromatic N) is 5. The van der Waals surface area contributed by atoms with E-state index in [0.29, 0.717) is 13.0 Å². The molecule has 4 aromatic rings. The summed E-state index contributed by atoms with van der Waals surface area (Å²) in [5.74, 6) is -0.395. The fourth-order valence-electron chi connectivity index (χ4n) is 4.45. The van der Waals surface area contributed by atoms with Crippen LogP contribution in [-0.4, -0.2) is 48.4 Å². The van der Waals surface area contributed by atoms with E-state index in [1.807, 2.05) is 81.0 Å². The van der Waals surface area contributed by atoms with E-state index in [4.69, 9.17) is 0 Å². The number of aromatic nitrogens is 4. The van der Waals surface area contributed by atoms with Crippen LogP contribution in [-0.2, 0) is 29.6 Å². The van der Waals surface area contributed by atoms with Crippen LogP contribution in [0.5, 0.6) is 0 Å². The van der Waals surface area contributed by atoms with Gasteiger partial charge >= 0.3 is 0 Å². The van der Waals surface area contributed by atoms with Gasteiger partial charge in [0.15, 0.2) is 6.04 Å². The van der Waals surface area contributed by atoms with Crippen LogP contribution in [0, 0.1) is 6.92 Å². The number of para-hydroxylation sites is 1. The first-order valence-corrected chi connectivity index (χ1v) is 12.7. The van der Waals surface area contributed by atoms with Crippen LogP contribution >= 0.6 is 0 Å². The molecule has 1 atom stereocenters. The summed E-state index contributed by atoms with van der Waals surface area (Å²) in [6.45, 7) is 8.44. The highest BCUT2D eigenvalue weighted by atomic mass is 16.2. The molecule has 194 valence electrons. The molecule has 1 N–H and O–H groups in total. The van der Waals surface area contributed by atoms with Crippen molar-refractivity contribution >= 4 is 22.8 Å². The molecular weight excluding hydrogens is 464 g/mol. The van der Waals surface area contributed by atoms with Crippen LogP contribution in [0.25, 0.3) is 11.0 Å². The summed E-state index contributed by atoms with van der Waals surface area (Å²) in [6.07, 6.45) is 3.28. The third kappa shape index (κ3) is 6.07. The predicted octanol–water partition coefficient (Wildman–Crippen LogP) is 4.20. The van der Waals surface area contributed by atoms with Crippen molar-refractivity contribution in [3.8, 4) is 0 Å². The molecule has 0 aliphatic heterocycles. The van der Waals surface area contributed by atoms with Crippen molar-refractivity contribution in [1.29, 1.82) is 0 Å². The maximum absolute atomic E-state index is 14.0. The van der Waals surface area contributed by atoms with Crippen molar-refractivity contribution in [1.82, 2.24) is 29.8 Å². The summed E-state index contributed by atoms with van der Waals surface area (Å²) >= 11 is 0. The molecule has 0 aliphatic rings. The fourth-order valence-corrected chi connectivity index (χ4v) is 4.45. The second-order valence-corrected chi connectivity index (χ2v) is 10.2. The smallest absolute Gasteiger partial charge is 0.249 e. The monoisotopic (exact) mass is 500 g/mol. The normalized spacial score (nSPS) is 12.5. The highest BCUT2D eigenvalue weighted by Crippen LogP contribution is 2.25. The van der Waals surface area contributed by atoms with Gasteiger partial charge in [0, 0.05) is 31.0 Å². The van der Waals surface area contributed by atoms with Gasteiger partial charge in [-0.3, -0.25) is 9.59 Å². The standard InChI is InChI=1S/C29H36N6O2/c1-6-29(3,4)30-28(37)27(25-15-10-17-33(25)5)34(18-16-22-12-9-11-21(2)19-22)26(36)20-35-24-14-8-7-13-23(24)31-32-35/h7-15,17,19,27H,6,16,18,20H2,1-5H3,(H,30,37). The third-order valence-electron chi connectivity index (χ3n) is 6.92. The number of aryl methyl sites for hydroxylation is 2. The quantitative estimate of drug-likeness (QED) is 0.354. The molecule has 2 amide bonds. The van der Waals surface area contributed by atoms with Gasteiger partial charge < -0.3 is 14.8 Å². The number of benzene rings is 2. The van der Waals surface area contributed by atoms with E-state index in [-0.39, 0.29) is 18.4 Å². The zero-order chi connectivity index (χ0) is 26.6. The van der Waals surface area contributed by atoms with Crippen LogP contribution < -0.4 is 5.32 Å². The molecule has 8 heteroatoms. The number of carbonyl (C=O) groups is 2. The fraction of sp³-hybridized carbons (Fsp3) is 0.379. The predicted molar refractivity (Wildman–Crippen MR) is 145 cm³/mol. The van der Waals surface area contributed by atoms with E-state index in [1.54, 1.807) is 9.58 Å². The molecule has 0 fully saturated rings. The van der Waals surface area contributed by atoms with Gasteiger partial charge in [0.25, 0.3) is 0 Å². The van der Waals surface area contributed by atoms with Crippen LogP contribution in [0.3, 0.4) is 0 Å². The van der Waals surface area contributed by atoms with E-state index in [2.05, 4.69) is 40.8 Å². The Morgan fingerprint density at radius 3 is 2.57 bits per heavy atom. The Morgan fingerprint density at radius 2 is 1.86 bits per heavy atom. The maximum Gasteiger partial charge on any atom is 0.249 e. The molecule has 37 heavy (non-hydrogen) atoms. The van der Waals surface area contributed by atoms with Gasteiger partial charge in [-0.2, -0.15) is 0 Å². The Labute approximate surface area is 218 Å². The minimum Gasteiger partial charge on any atom is -0.352 e. The molecule has 0 aliphatic carbocycles. The Hall–Kier alpha value is -3.94. The topological polar surface area (TPSA) is 85.0 Å². The number of amides is 2. The van der Waals surface area contributed by atoms with Crippen molar-refractivity contribution in [2.75, 3.05) is 6.54 Å². The largest absolute Gasteiger partial charge is 0.352 e. The van der Waals surface area contributed by atoms with Gasteiger partial charge in [-0.25, -0.2) is 4.68 Å². The summed E-state index contributed by atoms with van der Waals surface area (Å²) in [7, 11) is 1.90. The Bertz CT molecular complexity index is 1390. The SMILES string of the molecule is CCC(C)(C)NC(=O)C(c1cccn1C)N(CCc1cccc(C)c1)C(=O)Cn1nnc2ccccc21. The summed E-state index contributed by atoms with van der Waals surface area (Å²) in [5, 5.41) is 11.6. The lowest BCUT2D eigenvalue weighted by molar-refractivity contribution is -0.142. The maximum atomic E-state index is 14.0. The molecule has 2 aromatic heterocycles. The first-order chi connectivity index (χ1) is 17.7. The molecule has 0 saturated heterocycles. The molecule has 0 bridgehead atoms. The second-order valence-electron chi connectivity index (χ2n) is 10.2. The number of hydrogen-bond acceptors (Lipinski definition) is 4. The van der Waals surface area contributed by atoms with Crippen molar-refractivity contribution in [3.63, 3.8) is 0 Å². The van der Waals surface area contributed by atoms with E-state index >= 15 is 0 Å². The molecule has 8 nitrogen and oxygen atoms in total. The molecule has 2 aromatic carbocycles. The first kappa shape index (κ1) is 26.1. The molecule has 0 radical (unpaired) electrons. The van der Waals surface area contributed by atoms with E-state index in [1.165, 1.54) is 0 Å². The average Bonchev–Trinajstić information content (AvgIpc) is 3.47. The first-order valence-electron chi connectivity index (χ1n) is 12.7. The van der Waals surface area contributed by atoms with Crippen LogP contribution in [0.1, 0.15) is 50.1 Å². The summed E-state index contributed by atoms with van der Waals surface area (Å²) in [6, 6.07) is 18.8. The molecule has 0 spiro atoms. The van der Waals surface area contributed by atoms with E-state index in [9.17, 15) is 9.59 Å².